The minimum atomic E-state index is -3.48. The number of nitrogens with two attached hydrogens (primary N) is 1. The number of nitrogens with zero attached hydrogens (tertiary/aromatic N) is 5. The molecule has 19 heavy (non-hydrogen) atoms. The first kappa shape index (κ1) is 18.9. The summed E-state index contributed by atoms with van der Waals surface area (Å²) in [4.78, 5) is 26.8. The van der Waals surface area contributed by atoms with E-state index in [-0.39, 0.29) is 25.4 Å². The van der Waals surface area contributed by atoms with Gasteiger partial charge >= 0.3 is 5.79 Å². The molecule has 0 rings (SSSR count). The fourth-order valence-corrected chi connectivity index (χ4v) is 0.987. The predicted octanol–water partition coefficient (Wildman–Crippen LogP) is 0.0180. The van der Waals surface area contributed by atoms with Crippen LogP contribution in [0.3, 0.4) is 0 Å². The normalized spacial score (nSPS) is 10.7. The van der Waals surface area contributed by atoms with E-state index in [1.165, 1.54) is 0 Å². The summed E-state index contributed by atoms with van der Waals surface area (Å²) in [7, 11) is 0. The molecule has 0 bridgehead atoms. The lowest BCUT2D eigenvalue weighted by Crippen LogP contribution is -2.53. The van der Waals surface area contributed by atoms with Crippen molar-refractivity contribution in [3.63, 3.8) is 0 Å². The maximum atomic E-state index is 10.5. The maximum Gasteiger partial charge on any atom is 0.699 e. The molecule has 0 amide bonds. The minimum Gasteiger partial charge on any atom is -0.367 e. The van der Waals surface area contributed by atoms with Crippen molar-refractivity contribution in [1.29, 1.82) is 5.41 Å². The van der Waals surface area contributed by atoms with Crippen LogP contribution in [-0.2, 0) is 0 Å². The van der Waals surface area contributed by atoms with Crippen molar-refractivity contribution in [3.8, 4) is 0 Å². The Balaban J connectivity index is 0. The third kappa shape index (κ3) is 4.74. The maximum absolute atomic E-state index is 10.5. The van der Waals surface area contributed by atoms with E-state index in [9.17, 15) is 30.3 Å². The van der Waals surface area contributed by atoms with Gasteiger partial charge in [-0.05, 0) is 6.42 Å². The standard InChI is InChI=1S/C5H9N7O6.ClH/c6-4(7)9-8-3-1-2-5(10(13)14,11(15)16)12(17)18;/h1-3H2,(H3,6,7);1H. The molecule has 0 radical (unpaired) electrons. The molecular weight excluding hydrogens is 290 g/mol. The van der Waals surface area contributed by atoms with Crippen LogP contribution < -0.4 is 5.73 Å². The average molecular weight is 300 g/mol. The van der Waals surface area contributed by atoms with Crippen molar-refractivity contribution in [2.75, 3.05) is 6.54 Å². The van der Waals surface area contributed by atoms with E-state index >= 15 is 0 Å². The number of guanidine groups is 1. The van der Waals surface area contributed by atoms with Gasteiger partial charge in [-0.2, -0.15) is 5.11 Å². The molecule has 0 unspecified atom stereocenters. The topological polar surface area (TPSA) is 204 Å². The van der Waals surface area contributed by atoms with Crippen LogP contribution >= 0.6 is 12.4 Å². The first-order valence-corrected chi connectivity index (χ1v) is 4.40. The lowest BCUT2D eigenvalue weighted by atomic mass is 10.2. The van der Waals surface area contributed by atoms with Crippen molar-refractivity contribution in [2.45, 2.75) is 18.6 Å². The second-order valence-corrected chi connectivity index (χ2v) is 3.00. The van der Waals surface area contributed by atoms with Crippen LogP contribution in [-0.4, -0.2) is 33.1 Å². The zero-order valence-corrected chi connectivity index (χ0v) is 10.1. The fraction of sp³-hybridized carbons (Fsp3) is 0.800. The number of hydrogen-bond donors (Lipinski definition) is 2. The summed E-state index contributed by atoms with van der Waals surface area (Å²) in [5.74, 6) is -4.09. The van der Waals surface area contributed by atoms with Gasteiger partial charge in [0.2, 0.25) is 5.96 Å². The van der Waals surface area contributed by atoms with Gasteiger partial charge in [0.25, 0.3) is 0 Å². The number of nitro groups is 3. The van der Waals surface area contributed by atoms with Crippen molar-refractivity contribution in [1.82, 2.24) is 0 Å². The summed E-state index contributed by atoms with van der Waals surface area (Å²) in [6.07, 6.45) is -1.27. The predicted molar refractivity (Wildman–Crippen MR) is 61.8 cm³/mol. The van der Waals surface area contributed by atoms with Crippen LogP contribution in [0.5, 0.6) is 0 Å². The first-order valence-electron chi connectivity index (χ1n) is 4.40. The number of rotatable bonds is 7. The lowest BCUT2D eigenvalue weighted by Gasteiger charge is -2.07. The van der Waals surface area contributed by atoms with Crippen molar-refractivity contribution < 1.29 is 14.8 Å². The Hall–Kier alpha value is -2.44. The highest BCUT2D eigenvalue weighted by atomic mass is 35.5. The molecule has 0 saturated carbocycles. The molecule has 0 spiro atoms. The SMILES string of the molecule is Cl.N=C(N)N=NCCCC([N+](=O)[O-])([N+](=O)[O-])[N+](=O)[O-]. The van der Waals surface area contributed by atoms with Gasteiger partial charge in [0.1, 0.15) is 0 Å². The van der Waals surface area contributed by atoms with Crippen LogP contribution in [0.15, 0.2) is 10.2 Å². The fourth-order valence-electron chi connectivity index (χ4n) is 0.987. The van der Waals surface area contributed by atoms with Gasteiger partial charge in [0.05, 0.1) is 6.54 Å². The molecule has 0 saturated heterocycles. The van der Waals surface area contributed by atoms with Crippen LogP contribution in [0.1, 0.15) is 12.8 Å². The number of azo groups is 1. The van der Waals surface area contributed by atoms with E-state index in [0.717, 1.165) is 0 Å². The molecule has 0 aliphatic heterocycles. The van der Waals surface area contributed by atoms with Crippen molar-refractivity contribution >= 4 is 18.4 Å². The van der Waals surface area contributed by atoms with Crippen LogP contribution in [0.25, 0.3) is 0 Å². The summed E-state index contributed by atoms with van der Waals surface area (Å²) in [6.45, 7) is -0.253. The van der Waals surface area contributed by atoms with Crippen molar-refractivity contribution in [2.24, 2.45) is 16.0 Å². The molecule has 0 aromatic carbocycles. The largest absolute Gasteiger partial charge is 0.699 e. The van der Waals surface area contributed by atoms with Crippen LogP contribution in [0.4, 0.5) is 0 Å². The summed E-state index contributed by atoms with van der Waals surface area (Å²) in [5.41, 5.74) is 4.80. The Morgan fingerprint density at radius 1 is 1.16 bits per heavy atom. The van der Waals surface area contributed by atoms with E-state index in [0.29, 0.717) is 0 Å². The molecule has 0 aromatic heterocycles. The second kappa shape index (κ2) is 7.80. The molecule has 0 aromatic rings. The Morgan fingerprint density at radius 2 is 1.58 bits per heavy atom. The quantitative estimate of drug-likeness (QED) is 0.125. The third-order valence-corrected chi connectivity index (χ3v) is 1.83. The van der Waals surface area contributed by atoms with Gasteiger partial charge in [0.15, 0.2) is 21.2 Å². The zero-order valence-electron chi connectivity index (χ0n) is 9.29. The Bertz CT molecular complexity index is 375. The van der Waals surface area contributed by atoms with Gasteiger partial charge in [0, 0.05) is 0 Å². The Kier molecular flexibility index (Phi) is 7.77. The Morgan fingerprint density at radius 3 is 1.89 bits per heavy atom. The highest BCUT2D eigenvalue weighted by molar-refractivity contribution is 5.85. The van der Waals surface area contributed by atoms with Gasteiger partial charge in [-0.3, -0.25) is 35.8 Å². The summed E-state index contributed by atoms with van der Waals surface area (Å²) < 4.78 is 0. The smallest absolute Gasteiger partial charge is 0.367 e. The highest BCUT2D eigenvalue weighted by Gasteiger charge is 2.69. The molecule has 0 heterocycles. The molecule has 3 N–H and O–H groups in total. The van der Waals surface area contributed by atoms with E-state index in [1.54, 1.807) is 0 Å². The molecule has 13 nitrogen and oxygen atoms in total. The zero-order chi connectivity index (χ0) is 14.3. The summed E-state index contributed by atoms with van der Waals surface area (Å²) >= 11 is 0. The molecule has 108 valence electrons. The summed E-state index contributed by atoms with van der Waals surface area (Å²) in [6, 6.07) is 0. The number of halogens is 1. The second-order valence-electron chi connectivity index (χ2n) is 3.00. The molecule has 0 atom stereocenters. The van der Waals surface area contributed by atoms with Gasteiger partial charge in [-0.25, -0.2) is 0 Å². The number of nitrogens with one attached hydrogen (secondary N) is 1. The van der Waals surface area contributed by atoms with E-state index in [1.807, 2.05) is 0 Å². The highest BCUT2D eigenvalue weighted by Crippen LogP contribution is 2.19. The van der Waals surface area contributed by atoms with Crippen molar-refractivity contribution in [3.05, 3.63) is 30.3 Å². The monoisotopic (exact) mass is 299 g/mol. The van der Waals surface area contributed by atoms with Crippen LogP contribution in [0, 0.1) is 35.8 Å². The number of hydrogen-bond acceptors (Lipinski definition) is 8. The molecular formula is C5H10ClN7O6. The minimum absolute atomic E-state index is 0. The third-order valence-electron chi connectivity index (χ3n) is 1.83. The van der Waals surface area contributed by atoms with Gasteiger partial charge < -0.3 is 5.73 Å². The Labute approximate surface area is 111 Å². The summed E-state index contributed by atoms with van der Waals surface area (Å²) in [5, 5.41) is 44.4. The molecule has 0 aliphatic carbocycles. The lowest BCUT2D eigenvalue weighted by molar-refractivity contribution is -0.970. The van der Waals surface area contributed by atoms with E-state index in [4.69, 9.17) is 11.1 Å². The first-order chi connectivity index (χ1) is 8.25. The van der Waals surface area contributed by atoms with Gasteiger partial charge in [-0.1, -0.05) is 0 Å². The van der Waals surface area contributed by atoms with Crippen LogP contribution in [0.2, 0.25) is 0 Å². The molecule has 14 heteroatoms. The van der Waals surface area contributed by atoms with Gasteiger partial charge in [-0.15, -0.1) is 17.5 Å². The van der Waals surface area contributed by atoms with E-state index in [2.05, 4.69) is 10.2 Å². The average Bonchev–Trinajstić information content (AvgIpc) is 2.20. The molecule has 0 aliphatic rings. The molecule has 0 fully saturated rings. The van der Waals surface area contributed by atoms with E-state index < -0.39 is 32.9 Å².